The number of carbonyl (C=O) groups excluding carboxylic acids is 2. The van der Waals surface area contributed by atoms with E-state index in [0.717, 1.165) is 30.6 Å². The van der Waals surface area contributed by atoms with E-state index < -0.39 is 9.84 Å². The molecule has 2 aliphatic heterocycles. The van der Waals surface area contributed by atoms with Crippen LogP contribution in [0.25, 0.3) is 0 Å². The van der Waals surface area contributed by atoms with Crippen LogP contribution < -0.4 is 10.6 Å². The molecule has 2 amide bonds. The summed E-state index contributed by atoms with van der Waals surface area (Å²) in [4.78, 5) is 28.4. The van der Waals surface area contributed by atoms with Crippen LogP contribution in [0.4, 0.5) is 5.69 Å². The lowest BCUT2D eigenvalue weighted by Gasteiger charge is -2.24. The van der Waals surface area contributed by atoms with Crippen LogP contribution in [0.3, 0.4) is 0 Å². The molecule has 2 heterocycles. The third kappa shape index (κ3) is 4.74. The minimum Gasteiger partial charge on any atom is -0.371 e. The monoisotopic (exact) mass is 441 g/mol. The molecular formula is C23H27N3O4S. The van der Waals surface area contributed by atoms with Gasteiger partial charge in [-0.15, -0.1) is 0 Å². The van der Waals surface area contributed by atoms with Gasteiger partial charge in [-0.1, -0.05) is 12.1 Å². The number of nitrogens with zero attached hydrogens (tertiary/aromatic N) is 2. The lowest BCUT2D eigenvalue weighted by Crippen LogP contribution is -2.33. The summed E-state index contributed by atoms with van der Waals surface area (Å²) in [6.45, 7) is 3.19. The summed E-state index contributed by atoms with van der Waals surface area (Å²) in [5, 5.41) is 0. The quantitative estimate of drug-likeness (QED) is 0.736. The molecule has 2 fully saturated rings. The van der Waals surface area contributed by atoms with Crippen LogP contribution in [0.5, 0.6) is 0 Å². The summed E-state index contributed by atoms with van der Waals surface area (Å²) in [6, 6.07) is 14.4. The first-order valence-corrected chi connectivity index (χ1v) is 12.3. The Kier molecular flexibility index (Phi) is 5.75. The summed E-state index contributed by atoms with van der Waals surface area (Å²) in [7, 11) is -3.27. The number of nitrogens with two attached hydrogens (primary N) is 1. The van der Waals surface area contributed by atoms with Crippen LogP contribution in [-0.4, -0.2) is 57.6 Å². The normalized spacial score (nSPS) is 20.7. The molecule has 0 bridgehead atoms. The van der Waals surface area contributed by atoms with Gasteiger partial charge in [0.05, 0.1) is 4.90 Å². The van der Waals surface area contributed by atoms with Crippen LogP contribution >= 0.6 is 0 Å². The third-order valence-electron chi connectivity index (χ3n) is 6.24. The highest BCUT2D eigenvalue weighted by atomic mass is 32.2. The number of anilines is 1. The van der Waals surface area contributed by atoms with E-state index in [1.54, 1.807) is 12.1 Å². The van der Waals surface area contributed by atoms with Crippen molar-refractivity contribution in [1.82, 2.24) is 4.90 Å². The van der Waals surface area contributed by atoms with Crippen molar-refractivity contribution >= 4 is 27.3 Å². The molecule has 2 atom stereocenters. The SMILES string of the molecule is CS(=O)(=O)c1ccc(C(=O)N2CC3CN(c4cccc(CCC(N)=O)c4)CC3C2)cc1. The second-order valence-corrected chi connectivity index (χ2v) is 10.6. The van der Waals surface area contributed by atoms with E-state index in [-0.39, 0.29) is 16.7 Å². The Morgan fingerprint density at radius 2 is 1.65 bits per heavy atom. The molecule has 31 heavy (non-hydrogen) atoms. The molecule has 7 nitrogen and oxygen atoms in total. The van der Waals surface area contributed by atoms with Gasteiger partial charge in [-0.25, -0.2) is 8.42 Å². The zero-order valence-electron chi connectivity index (χ0n) is 17.5. The minimum absolute atomic E-state index is 0.0468. The molecular weight excluding hydrogens is 414 g/mol. The average molecular weight is 442 g/mol. The summed E-state index contributed by atoms with van der Waals surface area (Å²) in [5.41, 5.74) is 8.02. The second kappa shape index (κ2) is 8.34. The van der Waals surface area contributed by atoms with Crippen molar-refractivity contribution in [1.29, 1.82) is 0 Å². The summed E-state index contributed by atoms with van der Waals surface area (Å²) in [5.74, 6) is 0.480. The Hall–Kier alpha value is -2.87. The van der Waals surface area contributed by atoms with E-state index in [4.69, 9.17) is 5.73 Å². The number of hydrogen-bond donors (Lipinski definition) is 1. The van der Waals surface area contributed by atoms with Gasteiger partial charge in [0.15, 0.2) is 9.84 Å². The van der Waals surface area contributed by atoms with Crippen molar-refractivity contribution in [2.75, 3.05) is 37.3 Å². The van der Waals surface area contributed by atoms with Crippen molar-refractivity contribution in [2.45, 2.75) is 17.7 Å². The predicted molar refractivity (Wildman–Crippen MR) is 119 cm³/mol. The molecule has 4 rings (SSSR count). The molecule has 0 aromatic heterocycles. The average Bonchev–Trinajstić information content (AvgIpc) is 3.31. The highest BCUT2D eigenvalue weighted by Gasteiger charge is 2.41. The van der Waals surface area contributed by atoms with Gasteiger partial charge in [0.25, 0.3) is 5.91 Å². The summed E-state index contributed by atoms with van der Waals surface area (Å²) >= 11 is 0. The fourth-order valence-electron chi connectivity index (χ4n) is 4.57. The van der Waals surface area contributed by atoms with E-state index >= 15 is 0 Å². The topological polar surface area (TPSA) is 101 Å². The van der Waals surface area contributed by atoms with Crippen LogP contribution in [0.15, 0.2) is 53.4 Å². The molecule has 0 aliphatic carbocycles. The first kappa shape index (κ1) is 21.4. The maximum atomic E-state index is 12.9. The number of likely N-dealkylation sites (tertiary alicyclic amines) is 1. The molecule has 164 valence electrons. The lowest BCUT2D eigenvalue weighted by atomic mass is 10.0. The van der Waals surface area contributed by atoms with Crippen molar-refractivity contribution in [3.63, 3.8) is 0 Å². The molecule has 0 saturated carbocycles. The Labute approximate surface area is 182 Å². The van der Waals surface area contributed by atoms with Gasteiger partial charge in [-0.3, -0.25) is 9.59 Å². The molecule has 2 aromatic rings. The number of carbonyl (C=O) groups is 2. The van der Waals surface area contributed by atoms with E-state index in [1.165, 1.54) is 12.1 Å². The Balaban J connectivity index is 1.37. The number of hydrogen-bond acceptors (Lipinski definition) is 5. The predicted octanol–water partition coefficient (Wildman–Crippen LogP) is 1.72. The highest BCUT2D eigenvalue weighted by Crippen LogP contribution is 2.35. The molecule has 8 heteroatoms. The van der Waals surface area contributed by atoms with Gasteiger partial charge in [0.1, 0.15) is 0 Å². The second-order valence-electron chi connectivity index (χ2n) is 8.57. The van der Waals surface area contributed by atoms with Crippen molar-refractivity contribution < 1.29 is 18.0 Å². The smallest absolute Gasteiger partial charge is 0.253 e. The number of primary amides is 1. The van der Waals surface area contributed by atoms with Gasteiger partial charge in [0.2, 0.25) is 5.91 Å². The fraction of sp³-hybridized carbons (Fsp3) is 0.391. The van der Waals surface area contributed by atoms with Crippen molar-refractivity contribution in [3.8, 4) is 0 Å². The number of benzene rings is 2. The standard InChI is InChI=1S/C23H27N3O4S/c1-31(29,30)21-8-6-17(7-9-21)23(28)26-14-18-12-25(13-19(18)15-26)20-4-2-3-16(11-20)5-10-22(24)27/h2-4,6-9,11,18-19H,5,10,12-15H2,1H3,(H2,24,27). The van der Waals surface area contributed by atoms with Crippen molar-refractivity contribution in [3.05, 3.63) is 59.7 Å². The Bertz CT molecular complexity index is 1080. The van der Waals surface area contributed by atoms with E-state index in [1.807, 2.05) is 17.0 Å². The van der Waals surface area contributed by atoms with Gasteiger partial charge in [-0.05, 0) is 48.4 Å². The van der Waals surface area contributed by atoms with Crippen LogP contribution in [-0.2, 0) is 21.1 Å². The molecule has 2 N–H and O–H groups in total. The molecule has 2 saturated heterocycles. The summed E-state index contributed by atoms with van der Waals surface area (Å²) < 4.78 is 23.2. The number of rotatable bonds is 6. The van der Waals surface area contributed by atoms with Gasteiger partial charge >= 0.3 is 0 Å². The number of fused-ring (bicyclic) bond motifs is 1. The van der Waals surface area contributed by atoms with E-state index in [9.17, 15) is 18.0 Å². The molecule has 2 aromatic carbocycles. The van der Waals surface area contributed by atoms with Gasteiger partial charge < -0.3 is 15.5 Å². The highest BCUT2D eigenvalue weighted by molar-refractivity contribution is 7.90. The first-order chi connectivity index (χ1) is 14.7. The maximum absolute atomic E-state index is 12.9. The first-order valence-electron chi connectivity index (χ1n) is 10.4. The van der Waals surface area contributed by atoms with Crippen LogP contribution in [0, 0.1) is 11.8 Å². The third-order valence-corrected chi connectivity index (χ3v) is 7.37. The number of aryl methyl sites for hydroxylation is 1. The Morgan fingerprint density at radius 3 is 2.23 bits per heavy atom. The van der Waals surface area contributed by atoms with Gasteiger partial charge in [0, 0.05) is 61.9 Å². The van der Waals surface area contributed by atoms with Crippen LogP contribution in [0.2, 0.25) is 0 Å². The summed E-state index contributed by atoms with van der Waals surface area (Å²) in [6.07, 6.45) is 2.14. The van der Waals surface area contributed by atoms with E-state index in [0.29, 0.717) is 43.3 Å². The minimum atomic E-state index is -3.27. The number of amides is 2. The zero-order valence-corrected chi connectivity index (χ0v) is 18.3. The Morgan fingerprint density at radius 1 is 1.00 bits per heavy atom. The van der Waals surface area contributed by atoms with Gasteiger partial charge in [-0.2, -0.15) is 0 Å². The molecule has 2 aliphatic rings. The molecule has 2 unspecified atom stereocenters. The largest absolute Gasteiger partial charge is 0.371 e. The maximum Gasteiger partial charge on any atom is 0.253 e. The molecule has 0 radical (unpaired) electrons. The van der Waals surface area contributed by atoms with Crippen molar-refractivity contribution in [2.24, 2.45) is 17.6 Å². The zero-order chi connectivity index (χ0) is 22.2. The lowest BCUT2D eigenvalue weighted by molar-refractivity contribution is -0.117. The molecule has 0 spiro atoms. The fourth-order valence-corrected chi connectivity index (χ4v) is 5.20. The van der Waals surface area contributed by atoms with Crippen LogP contribution in [0.1, 0.15) is 22.3 Å². The number of sulfone groups is 1. The van der Waals surface area contributed by atoms with E-state index in [2.05, 4.69) is 17.0 Å².